The summed E-state index contributed by atoms with van der Waals surface area (Å²) in [5.74, 6) is 1.25. The van der Waals surface area contributed by atoms with Gasteiger partial charge in [-0.1, -0.05) is 103 Å². The van der Waals surface area contributed by atoms with Crippen molar-refractivity contribution >= 4 is 0 Å². The smallest absolute Gasteiger partial charge is 0.119 e. The second-order valence-electron chi connectivity index (χ2n) is 8.31. The fourth-order valence-corrected chi connectivity index (χ4v) is 4.01. The lowest BCUT2D eigenvalue weighted by Gasteiger charge is -2.22. The molecule has 32 heavy (non-hydrogen) atoms. The first-order valence-corrected chi connectivity index (χ1v) is 11.4. The molecule has 0 aliphatic carbocycles. The molecule has 0 aromatic heterocycles. The van der Waals surface area contributed by atoms with Crippen molar-refractivity contribution in [3.8, 4) is 5.75 Å². The molecule has 0 aliphatic rings. The third-order valence-corrected chi connectivity index (χ3v) is 5.79. The highest BCUT2D eigenvalue weighted by Gasteiger charge is 2.15. The van der Waals surface area contributed by atoms with Crippen molar-refractivity contribution in [1.29, 1.82) is 0 Å². The van der Waals surface area contributed by atoms with Gasteiger partial charge in [0.2, 0.25) is 0 Å². The molecule has 0 fully saturated rings. The fourth-order valence-electron chi connectivity index (χ4n) is 4.01. The number of hydrogen-bond donors (Lipinski definition) is 1. The lowest BCUT2D eigenvalue weighted by atomic mass is 9.91. The van der Waals surface area contributed by atoms with Gasteiger partial charge in [0.1, 0.15) is 12.4 Å². The number of hydrogen-bond acceptors (Lipinski definition) is 2. The molecule has 4 aromatic carbocycles. The van der Waals surface area contributed by atoms with Crippen LogP contribution in [0.4, 0.5) is 0 Å². The molecule has 4 rings (SSSR count). The molecular weight excluding hydrogens is 390 g/mol. The van der Waals surface area contributed by atoms with Crippen LogP contribution in [0.15, 0.2) is 115 Å². The van der Waals surface area contributed by atoms with Crippen LogP contribution in [0.25, 0.3) is 0 Å². The van der Waals surface area contributed by atoms with Crippen LogP contribution in [0.3, 0.4) is 0 Å². The Morgan fingerprint density at radius 1 is 0.625 bits per heavy atom. The third-order valence-electron chi connectivity index (χ3n) is 5.79. The molecule has 4 aromatic rings. The van der Waals surface area contributed by atoms with E-state index in [1.54, 1.807) is 0 Å². The number of nitrogens with one attached hydrogen (secondary N) is 1. The van der Waals surface area contributed by atoms with Gasteiger partial charge in [0.15, 0.2) is 0 Å². The van der Waals surface area contributed by atoms with Gasteiger partial charge in [-0.3, -0.25) is 0 Å². The molecule has 1 N–H and O–H groups in total. The van der Waals surface area contributed by atoms with Crippen molar-refractivity contribution in [2.45, 2.75) is 31.9 Å². The van der Waals surface area contributed by atoms with Crippen molar-refractivity contribution in [1.82, 2.24) is 5.32 Å². The summed E-state index contributed by atoms with van der Waals surface area (Å²) in [6.45, 7) is 3.76. The van der Waals surface area contributed by atoms with Gasteiger partial charge < -0.3 is 10.1 Å². The van der Waals surface area contributed by atoms with Gasteiger partial charge in [-0.25, -0.2) is 0 Å². The maximum atomic E-state index is 5.91. The van der Waals surface area contributed by atoms with Crippen molar-refractivity contribution < 1.29 is 4.74 Å². The van der Waals surface area contributed by atoms with Crippen LogP contribution in [0.1, 0.15) is 35.1 Å². The summed E-state index contributed by atoms with van der Waals surface area (Å²) in [6.07, 6.45) is 0.981. The molecular formula is C30H31NO. The first-order chi connectivity index (χ1) is 15.8. The van der Waals surface area contributed by atoms with Gasteiger partial charge in [0.05, 0.1) is 0 Å². The molecule has 0 aliphatic heterocycles. The van der Waals surface area contributed by atoms with Crippen LogP contribution >= 0.6 is 0 Å². The van der Waals surface area contributed by atoms with Gasteiger partial charge in [-0.2, -0.15) is 0 Å². The maximum Gasteiger partial charge on any atom is 0.119 e. The summed E-state index contributed by atoms with van der Waals surface area (Å²) in [4.78, 5) is 0. The zero-order chi connectivity index (χ0) is 22.0. The largest absolute Gasteiger partial charge is 0.489 e. The van der Waals surface area contributed by atoms with E-state index in [0.29, 0.717) is 18.6 Å². The maximum absolute atomic E-state index is 5.91. The van der Waals surface area contributed by atoms with Crippen LogP contribution in [0.5, 0.6) is 5.75 Å². The van der Waals surface area contributed by atoms with Gasteiger partial charge >= 0.3 is 0 Å². The zero-order valence-electron chi connectivity index (χ0n) is 18.7. The highest BCUT2D eigenvalue weighted by molar-refractivity contribution is 5.33. The van der Waals surface area contributed by atoms with E-state index >= 15 is 0 Å². The van der Waals surface area contributed by atoms with E-state index in [2.05, 4.69) is 109 Å². The second-order valence-corrected chi connectivity index (χ2v) is 8.31. The molecule has 0 saturated carbocycles. The predicted molar refractivity (Wildman–Crippen MR) is 133 cm³/mol. The second kappa shape index (κ2) is 11.3. The Labute approximate surface area is 191 Å². The zero-order valence-corrected chi connectivity index (χ0v) is 18.7. The first kappa shape index (κ1) is 21.9. The lowest BCUT2D eigenvalue weighted by Crippen LogP contribution is -2.32. The van der Waals surface area contributed by atoms with Crippen LogP contribution in [-0.2, 0) is 13.0 Å². The quantitative estimate of drug-likeness (QED) is 0.311. The standard InChI is InChI=1S/C30H31NO/c1-24(21-25-17-19-29(20-18-25)32-23-26-11-5-2-6-12-26)31-22-30(27-13-7-3-8-14-27)28-15-9-4-10-16-28/h2-20,24,30-31H,21-23H2,1H3. The molecule has 2 nitrogen and oxygen atoms in total. The topological polar surface area (TPSA) is 21.3 Å². The van der Waals surface area contributed by atoms with E-state index in [1.807, 2.05) is 18.2 Å². The fraction of sp³-hybridized carbons (Fsp3) is 0.200. The number of rotatable bonds is 10. The summed E-state index contributed by atoms with van der Waals surface area (Å²) < 4.78 is 5.91. The Hall–Kier alpha value is -3.36. The van der Waals surface area contributed by atoms with Gasteiger partial charge in [0.25, 0.3) is 0 Å². The number of ether oxygens (including phenoxy) is 1. The van der Waals surface area contributed by atoms with Gasteiger partial charge in [-0.05, 0) is 47.7 Å². The summed E-state index contributed by atoms with van der Waals surface area (Å²) in [7, 11) is 0. The Kier molecular flexibility index (Phi) is 7.73. The van der Waals surface area contributed by atoms with E-state index < -0.39 is 0 Å². The van der Waals surface area contributed by atoms with E-state index in [-0.39, 0.29) is 0 Å². The lowest BCUT2D eigenvalue weighted by molar-refractivity contribution is 0.306. The molecule has 1 atom stereocenters. The van der Waals surface area contributed by atoms with Crippen molar-refractivity contribution in [3.63, 3.8) is 0 Å². The molecule has 1 unspecified atom stereocenters. The third kappa shape index (κ3) is 6.32. The Morgan fingerprint density at radius 3 is 1.72 bits per heavy atom. The summed E-state index contributed by atoms with van der Waals surface area (Å²) in [5, 5.41) is 3.76. The Bertz CT molecular complexity index is 1010. The Balaban J connectivity index is 1.32. The molecule has 0 saturated heterocycles. The van der Waals surface area contributed by atoms with Crippen LogP contribution in [-0.4, -0.2) is 12.6 Å². The number of benzene rings is 4. The minimum absolute atomic E-state index is 0.341. The monoisotopic (exact) mass is 421 g/mol. The van der Waals surface area contributed by atoms with E-state index in [4.69, 9.17) is 4.74 Å². The average Bonchev–Trinajstić information content (AvgIpc) is 2.86. The molecule has 0 heterocycles. The minimum atomic E-state index is 0.341. The molecule has 162 valence electrons. The van der Waals surface area contributed by atoms with Crippen LogP contribution in [0, 0.1) is 0 Å². The SMILES string of the molecule is CC(Cc1ccc(OCc2ccccc2)cc1)NCC(c1ccccc1)c1ccccc1. The summed E-state index contributed by atoms with van der Waals surface area (Å²) in [6, 6.07) is 40.6. The average molecular weight is 422 g/mol. The van der Waals surface area contributed by atoms with Gasteiger partial charge in [-0.15, -0.1) is 0 Å². The molecule has 2 heteroatoms. The minimum Gasteiger partial charge on any atom is -0.489 e. The Morgan fingerprint density at radius 2 is 1.16 bits per heavy atom. The van der Waals surface area contributed by atoms with Crippen molar-refractivity contribution in [2.75, 3.05) is 6.54 Å². The molecule has 0 bridgehead atoms. The molecule has 0 spiro atoms. The first-order valence-electron chi connectivity index (χ1n) is 11.4. The van der Waals surface area contributed by atoms with Crippen LogP contribution in [0.2, 0.25) is 0 Å². The molecule has 0 amide bonds. The van der Waals surface area contributed by atoms with E-state index in [9.17, 15) is 0 Å². The van der Waals surface area contributed by atoms with E-state index in [1.165, 1.54) is 22.3 Å². The van der Waals surface area contributed by atoms with E-state index in [0.717, 1.165) is 18.7 Å². The summed E-state index contributed by atoms with van der Waals surface area (Å²) >= 11 is 0. The highest BCUT2D eigenvalue weighted by atomic mass is 16.5. The van der Waals surface area contributed by atoms with Gasteiger partial charge in [0, 0.05) is 18.5 Å². The highest BCUT2D eigenvalue weighted by Crippen LogP contribution is 2.24. The molecule has 0 radical (unpaired) electrons. The normalized spacial score (nSPS) is 11.9. The predicted octanol–water partition coefficient (Wildman–Crippen LogP) is 6.62. The van der Waals surface area contributed by atoms with Crippen LogP contribution < -0.4 is 10.1 Å². The van der Waals surface area contributed by atoms with Crippen molar-refractivity contribution in [3.05, 3.63) is 138 Å². The van der Waals surface area contributed by atoms with Crippen molar-refractivity contribution in [2.24, 2.45) is 0 Å². The summed E-state index contributed by atoms with van der Waals surface area (Å²) in [5.41, 5.74) is 5.19.